The Morgan fingerprint density at radius 2 is 2.09 bits per heavy atom. The molecule has 0 bridgehead atoms. The van der Waals surface area contributed by atoms with Crippen LogP contribution in [0.15, 0.2) is 33.9 Å². The standard InChI is InChI=1S/C14H20N6O.HI/c1-3-8-17-14(15-2)18-10-7-12-19-13(21-20-12)11-6-4-5-9-16-11;/h4-6,9H,3,7-8,10H2,1-2H3,(H2,15,17,18);1H. The van der Waals surface area contributed by atoms with Gasteiger partial charge < -0.3 is 15.2 Å². The van der Waals surface area contributed by atoms with Gasteiger partial charge in [0.25, 0.3) is 5.89 Å². The van der Waals surface area contributed by atoms with E-state index >= 15 is 0 Å². The predicted octanol–water partition coefficient (Wildman–Crippen LogP) is 1.87. The number of nitrogens with zero attached hydrogens (tertiary/aromatic N) is 4. The number of aliphatic imine (C=N–C) groups is 1. The van der Waals surface area contributed by atoms with Gasteiger partial charge in [-0.05, 0) is 18.6 Å². The number of aromatic nitrogens is 3. The van der Waals surface area contributed by atoms with Gasteiger partial charge in [-0.15, -0.1) is 24.0 Å². The van der Waals surface area contributed by atoms with Gasteiger partial charge in [0.1, 0.15) is 5.69 Å². The lowest BCUT2D eigenvalue weighted by Crippen LogP contribution is -2.38. The Balaban J connectivity index is 0.00000242. The van der Waals surface area contributed by atoms with E-state index in [9.17, 15) is 0 Å². The molecule has 0 aliphatic rings. The van der Waals surface area contributed by atoms with E-state index < -0.39 is 0 Å². The van der Waals surface area contributed by atoms with Gasteiger partial charge in [-0.1, -0.05) is 18.1 Å². The second-order valence-electron chi connectivity index (χ2n) is 4.41. The number of nitrogens with one attached hydrogen (secondary N) is 2. The van der Waals surface area contributed by atoms with Gasteiger partial charge in [0.2, 0.25) is 0 Å². The maximum absolute atomic E-state index is 5.20. The van der Waals surface area contributed by atoms with E-state index in [-0.39, 0.29) is 24.0 Å². The molecule has 0 unspecified atom stereocenters. The van der Waals surface area contributed by atoms with Gasteiger partial charge in [-0.2, -0.15) is 4.98 Å². The first-order chi connectivity index (χ1) is 10.3. The molecule has 0 atom stereocenters. The van der Waals surface area contributed by atoms with E-state index in [4.69, 9.17) is 4.52 Å². The average Bonchev–Trinajstić information content (AvgIpc) is 3.00. The van der Waals surface area contributed by atoms with Crippen molar-refractivity contribution in [2.75, 3.05) is 20.1 Å². The number of hydrogen-bond acceptors (Lipinski definition) is 5. The maximum atomic E-state index is 5.20. The largest absolute Gasteiger partial charge is 0.356 e. The van der Waals surface area contributed by atoms with Crippen LogP contribution in [0.2, 0.25) is 0 Å². The Labute approximate surface area is 147 Å². The Morgan fingerprint density at radius 3 is 2.77 bits per heavy atom. The molecule has 0 radical (unpaired) electrons. The predicted molar refractivity (Wildman–Crippen MR) is 96.3 cm³/mol. The van der Waals surface area contributed by atoms with Crippen LogP contribution in [-0.2, 0) is 6.42 Å². The van der Waals surface area contributed by atoms with E-state index in [0.29, 0.717) is 30.4 Å². The molecule has 0 saturated carbocycles. The molecular formula is C14H21IN6O. The molecule has 0 aliphatic heterocycles. The molecule has 120 valence electrons. The third kappa shape index (κ3) is 5.58. The van der Waals surface area contributed by atoms with Crippen LogP contribution in [0.25, 0.3) is 11.6 Å². The Bertz CT molecular complexity index is 572. The van der Waals surface area contributed by atoms with Crippen LogP contribution in [0.4, 0.5) is 0 Å². The summed E-state index contributed by atoms with van der Waals surface area (Å²) in [4.78, 5) is 12.6. The van der Waals surface area contributed by atoms with Crippen LogP contribution in [0.1, 0.15) is 19.2 Å². The minimum Gasteiger partial charge on any atom is -0.356 e. The molecule has 7 nitrogen and oxygen atoms in total. The smallest absolute Gasteiger partial charge is 0.276 e. The summed E-state index contributed by atoms with van der Waals surface area (Å²) in [6, 6.07) is 5.57. The fraction of sp³-hybridized carbons (Fsp3) is 0.429. The van der Waals surface area contributed by atoms with Gasteiger partial charge in [-0.3, -0.25) is 9.98 Å². The van der Waals surface area contributed by atoms with Crippen molar-refractivity contribution in [1.82, 2.24) is 25.8 Å². The number of guanidine groups is 1. The summed E-state index contributed by atoms with van der Waals surface area (Å²) in [6.45, 7) is 3.69. The minimum atomic E-state index is 0. The molecule has 2 N–H and O–H groups in total. The second kappa shape index (κ2) is 10.1. The Kier molecular flexibility index (Phi) is 8.41. The SMILES string of the molecule is CCCNC(=NC)NCCc1noc(-c2ccccn2)n1.I. The molecule has 0 saturated heterocycles. The maximum Gasteiger partial charge on any atom is 0.276 e. The van der Waals surface area contributed by atoms with Crippen LogP contribution < -0.4 is 10.6 Å². The van der Waals surface area contributed by atoms with Gasteiger partial charge in [-0.25, -0.2) is 0 Å². The first kappa shape index (κ1) is 18.3. The summed E-state index contributed by atoms with van der Waals surface area (Å²) < 4.78 is 5.20. The number of halogens is 1. The van der Waals surface area contributed by atoms with Crippen LogP contribution in [0, 0.1) is 0 Å². The molecule has 0 fully saturated rings. The van der Waals surface area contributed by atoms with Crippen molar-refractivity contribution in [2.24, 2.45) is 4.99 Å². The summed E-state index contributed by atoms with van der Waals surface area (Å²) in [5.74, 6) is 1.87. The molecule has 0 amide bonds. The van der Waals surface area contributed by atoms with Gasteiger partial charge in [0.05, 0.1) is 0 Å². The molecule has 0 aliphatic carbocycles. The highest BCUT2D eigenvalue weighted by Gasteiger charge is 2.09. The lowest BCUT2D eigenvalue weighted by molar-refractivity contribution is 0.421. The lowest BCUT2D eigenvalue weighted by Gasteiger charge is -2.09. The highest BCUT2D eigenvalue weighted by molar-refractivity contribution is 14.0. The zero-order valence-electron chi connectivity index (χ0n) is 12.7. The molecule has 8 heteroatoms. The van der Waals surface area contributed by atoms with Crippen molar-refractivity contribution in [1.29, 1.82) is 0 Å². The molecule has 22 heavy (non-hydrogen) atoms. The van der Waals surface area contributed by atoms with Crippen molar-refractivity contribution in [3.05, 3.63) is 30.2 Å². The summed E-state index contributed by atoms with van der Waals surface area (Å²) in [6.07, 6.45) is 3.41. The third-order valence-corrected chi connectivity index (χ3v) is 2.76. The van der Waals surface area contributed by atoms with Crippen LogP contribution in [-0.4, -0.2) is 41.2 Å². The first-order valence-corrected chi connectivity index (χ1v) is 7.02. The fourth-order valence-electron chi connectivity index (χ4n) is 1.71. The summed E-state index contributed by atoms with van der Waals surface area (Å²) in [5.41, 5.74) is 0.685. The molecule has 0 aromatic carbocycles. The Morgan fingerprint density at radius 1 is 1.27 bits per heavy atom. The van der Waals surface area contributed by atoms with Crippen molar-refractivity contribution in [3.63, 3.8) is 0 Å². The van der Waals surface area contributed by atoms with Gasteiger partial charge in [0.15, 0.2) is 11.8 Å². The quantitative estimate of drug-likeness (QED) is 0.425. The monoisotopic (exact) mass is 416 g/mol. The molecule has 2 aromatic rings. The zero-order valence-corrected chi connectivity index (χ0v) is 15.1. The molecule has 2 heterocycles. The van der Waals surface area contributed by atoms with E-state index in [1.165, 1.54) is 0 Å². The van der Waals surface area contributed by atoms with E-state index in [2.05, 4.69) is 37.7 Å². The van der Waals surface area contributed by atoms with Crippen molar-refractivity contribution >= 4 is 29.9 Å². The number of pyridine rings is 1. The van der Waals surface area contributed by atoms with Crippen molar-refractivity contribution in [3.8, 4) is 11.6 Å². The normalized spacial score (nSPS) is 10.9. The fourth-order valence-corrected chi connectivity index (χ4v) is 1.71. The summed E-state index contributed by atoms with van der Waals surface area (Å²) in [5, 5.41) is 10.4. The highest BCUT2D eigenvalue weighted by atomic mass is 127. The van der Waals surface area contributed by atoms with E-state index in [0.717, 1.165) is 18.9 Å². The van der Waals surface area contributed by atoms with E-state index in [1.807, 2.05) is 18.2 Å². The van der Waals surface area contributed by atoms with Gasteiger partial charge >= 0.3 is 0 Å². The topological polar surface area (TPSA) is 88.2 Å². The second-order valence-corrected chi connectivity index (χ2v) is 4.41. The third-order valence-electron chi connectivity index (χ3n) is 2.76. The highest BCUT2D eigenvalue weighted by Crippen LogP contribution is 2.12. The van der Waals surface area contributed by atoms with Gasteiger partial charge in [0, 0.05) is 32.8 Å². The zero-order chi connectivity index (χ0) is 14.9. The van der Waals surface area contributed by atoms with Crippen LogP contribution in [0.5, 0.6) is 0 Å². The summed E-state index contributed by atoms with van der Waals surface area (Å²) >= 11 is 0. The molecule has 0 spiro atoms. The van der Waals surface area contributed by atoms with Crippen molar-refractivity contribution in [2.45, 2.75) is 19.8 Å². The summed E-state index contributed by atoms with van der Waals surface area (Å²) in [7, 11) is 1.75. The van der Waals surface area contributed by atoms with Crippen LogP contribution in [0.3, 0.4) is 0 Å². The first-order valence-electron chi connectivity index (χ1n) is 7.02. The molecule has 2 rings (SSSR count). The van der Waals surface area contributed by atoms with Crippen LogP contribution >= 0.6 is 24.0 Å². The Hall–Kier alpha value is -1.71. The number of rotatable bonds is 6. The van der Waals surface area contributed by atoms with Crippen molar-refractivity contribution < 1.29 is 4.52 Å². The molecule has 2 aromatic heterocycles. The molecular weight excluding hydrogens is 395 g/mol. The van der Waals surface area contributed by atoms with E-state index in [1.54, 1.807) is 13.2 Å². The number of hydrogen-bond donors (Lipinski definition) is 2. The average molecular weight is 416 g/mol. The lowest BCUT2D eigenvalue weighted by atomic mass is 10.3. The minimum absolute atomic E-state index is 0.